The first-order valence-corrected chi connectivity index (χ1v) is 9.84. The Kier molecular flexibility index (Phi) is 4.07. The summed E-state index contributed by atoms with van der Waals surface area (Å²) >= 11 is 0. The summed E-state index contributed by atoms with van der Waals surface area (Å²) in [6.45, 7) is 2.00. The Labute approximate surface area is 159 Å². The molecule has 0 unspecified atom stereocenters. The molecule has 2 aromatic rings. The molecule has 0 aromatic heterocycles. The van der Waals surface area contributed by atoms with Crippen molar-refractivity contribution >= 4 is 23.1 Å². The minimum Gasteiger partial charge on any atom is -0.454 e. The van der Waals surface area contributed by atoms with Gasteiger partial charge < -0.3 is 15.0 Å². The van der Waals surface area contributed by atoms with Gasteiger partial charge in [0.25, 0.3) is 0 Å². The summed E-state index contributed by atoms with van der Waals surface area (Å²) in [5.74, 6) is 2.79. The lowest BCUT2D eigenvalue weighted by Gasteiger charge is -2.30. The molecule has 1 aliphatic carbocycles. The van der Waals surface area contributed by atoms with E-state index >= 15 is 0 Å². The lowest BCUT2D eigenvalue weighted by molar-refractivity contribution is -0.117. The number of rotatable bonds is 2. The number of amides is 1. The molecule has 5 rings (SSSR count). The van der Waals surface area contributed by atoms with E-state index in [-0.39, 0.29) is 11.8 Å². The monoisotopic (exact) mass is 361 g/mol. The molecule has 0 atom stereocenters. The summed E-state index contributed by atoms with van der Waals surface area (Å²) < 4.78 is 6.19. The molecule has 2 aliphatic heterocycles. The Hall–Kier alpha value is -2.82. The summed E-state index contributed by atoms with van der Waals surface area (Å²) in [4.78, 5) is 19.5. The predicted molar refractivity (Wildman–Crippen MR) is 106 cm³/mol. The number of aliphatic imine (C=N–C) groups is 1. The fraction of sp³-hybridized carbons (Fsp3) is 0.364. The lowest BCUT2D eigenvalue weighted by Crippen LogP contribution is -2.36. The topological polar surface area (TPSA) is 53.9 Å². The molecule has 27 heavy (non-hydrogen) atoms. The third-order valence-corrected chi connectivity index (χ3v) is 5.40. The van der Waals surface area contributed by atoms with Crippen LogP contribution in [0.4, 0.5) is 11.4 Å². The number of hydrogen-bond donors (Lipinski definition) is 1. The van der Waals surface area contributed by atoms with Gasteiger partial charge in [-0.15, -0.1) is 0 Å². The van der Waals surface area contributed by atoms with E-state index in [1.807, 2.05) is 42.5 Å². The van der Waals surface area contributed by atoms with Gasteiger partial charge in [-0.1, -0.05) is 12.1 Å². The Bertz CT molecular complexity index is 912. The smallest absolute Gasteiger partial charge is 0.227 e. The minimum atomic E-state index is 0.115. The summed E-state index contributed by atoms with van der Waals surface area (Å²) in [6, 6.07) is 13.8. The number of para-hydroxylation sites is 2. The molecule has 1 saturated heterocycles. The highest BCUT2D eigenvalue weighted by Gasteiger charge is 2.30. The molecule has 1 saturated carbocycles. The molecule has 5 heteroatoms. The van der Waals surface area contributed by atoms with E-state index in [0.717, 1.165) is 60.2 Å². The summed E-state index contributed by atoms with van der Waals surface area (Å²) in [6.07, 6.45) is 5.61. The highest BCUT2D eigenvalue weighted by atomic mass is 16.5. The first-order chi connectivity index (χ1) is 13.3. The maximum atomic E-state index is 12.2. The van der Waals surface area contributed by atoms with Crippen LogP contribution in [0.1, 0.15) is 37.7 Å². The third-order valence-electron chi connectivity index (χ3n) is 5.40. The second-order valence-corrected chi connectivity index (χ2v) is 7.53. The van der Waals surface area contributed by atoms with Crippen molar-refractivity contribution in [1.82, 2.24) is 4.90 Å². The van der Waals surface area contributed by atoms with Gasteiger partial charge in [0, 0.05) is 24.7 Å². The first kappa shape index (κ1) is 16.4. The van der Waals surface area contributed by atoms with Crippen LogP contribution >= 0.6 is 0 Å². The normalized spacial score (nSPS) is 18.5. The lowest BCUT2D eigenvalue weighted by atomic mass is 10.1. The van der Waals surface area contributed by atoms with Gasteiger partial charge in [0.15, 0.2) is 5.75 Å². The van der Waals surface area contributed by atoms with Crippen LogP contribution in [-0.4, -0.2) is 29.7 Å². The van der Waals surface area contributed by atoms with Crippen LogP contribution in [0.2, 0.25) is 0 Å². The quantitative estimate of drug-likeness (QED) is 0.843. The van der Waals surface area contributed by atoms with Crippen molar-refractivity contribution in [2.75, 3.05) is 18.4 Å². The fourth-order valence-electron chi connectivity index (χ4n) is 3.74. The van der Waals surface area contributed by atoms with Gasteiger partial charge in [-0.25, -0.2) is 4.99 Å². The van der Waals surface area contributed by atoms with Crippen molar-refractivity contribution < 1.29 is 9.53 Å². The van der Waals surface area contributed by atoms with Gasteiger partial charge >= 0.3 is 0 Å². The molecule has 0 spiro atoms. The number of fused-ring (bicyclic) bond motifs is 2. The zero-order chi connectivity index (χ0) is 18.2. The number of nitrogens with zero attached hydrogens (tertiary/aromatic N) is 2. The van der Waals surface area contributed by atoms with E-state index in [4.69, 9.17) is 9.73 Å². The number of likely N-dealkylation sites (tertiary alicyclic amines) is 1. The first-order valence-electron chi connectivity index (χ1n) is 9.84. The summed E-state index contributed by atoms with van der Waals surface area (Å²) in [7, 11) is 0. The Balaban J connectivity index is 1.56. The number of nitrogens with one attached hydrogen (secondary N) is 1. The van der Waals surface area contributed by atoms with E-state index in [9.17, 15) is 4.79 Å². The number of amidine groups is 1. The molecule has 138 valence electrons. The van der Waals surface area contributed by atoms with Crippen molar-refractivity contribution in [2.45, 2.75) is 32.1 Å². The molecule has 1 amide bonds. The Morgan fingerprint density at radius 3 is 2.67 bits per heavy atom. The van der Waals surface area contributed by atoms with Crippen molar-refractivity contribution in [3.8, 4) is 11.5 Å². The zero-order valence-electron chi connectivity index (χ0n) is 15.3. The van der Waals surface area contributed by atoms with Crippen LogP contribution in [0.5, 0.6) is 11.5 Å². The van der Waals surface area contributed by atoms with Gasteiger partial charge in [0.2, 0.25) is 5.91 Å². The number of carbonyl (C=O) groups excluding carboxylic acids is 1. The fourth-order valence-corrected chi connectivity index (χ4v) is 3.74. The molecular weight excluding hydrogens is 338 g/mol. The van der Waals surface area contributed by atoms with Crippen LogP contribution in [-0.2, 0) is 4.79 Å². The maximum Gasteiger partial charge on any atom is 0.227 e. The molecule has 0 bridgehead atoms. The zero-order valence-corrected chi connectivity index (χ0v) is 15.3. The Morgan fingerprint density at radius 1 is 1.04 bits per heavy atom. The largest absolute Gasteiger partial charge is 0.454 e. The average Bonchev–Trinajstić information content (AvgIpc) is 3.55. The van der Waals surface area contributed by atoms with Crippen molar-refractivity contribution in [3.63, 3.8) is 0 Å². The maximum absolute atomic E-state index is 12.2. The summed E-state index contributed by atoms with van der Waals surface area (Å²) in [5, 5.41) is 3.05. The molecule has 2 heterocycles. The van der Waals surface area contributed by atoms with E-state index < -0.39 is 0 Å². The number of carbonyl (C=O) groups is 1. The number of piperidine rings is 1. The second-order valence-electron chi connectivity index (χ2n) is 7.53. The van der Waals surface area contributed by atoms with Crippen LogP contribution in [0.25, 0.3) is 0 Å². The van der Waals surface area contributed by atoms with Crippen LogP contribution in [0.3, 0.4) is 0 Å². The molecule has 2 aromatic carbocycles. The molecular formula is C22H23N3O2. The van der Waals surface area contributed by atoms with Gasteiger partial charge in [-0.2, -0.15) is 0 Å². The Morgan fingerprint density at radius 2 is 1.85 bits per heavy atom. The predicted octanol–water partition coefficient (Wildman–Crippen LogP) is 4.71. The highest BCUT2D eigenvalue weighted by Crippen LogP contribution is 2.39. The average molecular weight is 361 g/mol. The number of benzene rings is 2. The van der Waals surface area contributed by atoms with E-state index in [0.29, 0.717) is 0 Å². The van der Waals surface area contributed by atoms with E-state index in [2.05, 4.69) is 10.2 Å². The van der Waals surface area contributed by atoms with Crippen LogP contribution in [0.15, 0.2) is 47.5 Å². The number of anilines is 1. The van der Waals surface area contributed by atoms with E-state index in [1.54, 1.807) is 0 Å². The molecule has 3 aliphatic rings. The van der Waals surface area contributed by atoms with Gasteiger partial charge in [0.1, 0.15) is 17.3 Å². The summed E-state index contributed by atoms with van der Waals surface area (Å²) in [5.41, 5.74) is 2.60. The van der Waals surface area contributed by atoms with E-state index in [1.165, 1.54) is 19.3 Å². The molecule has 2 fully saturated rings. The van der Waals surface area contributed by atoms with Crippen molar-refractivity contribution in [1.29, 1.82) is 0 Å². The van der Waals surface area contributed by atoms with Crippen LogP contribution < -0.4 is 10.1 Å². The van der Waals surface area contributed by atoms with Gasteiger partial charge in [-0.3, -0.25) is 4.79 Å². The minimum absolute atomic E-state index is 0.115. The number of hydrogen-bond acceptors (Lipinski definition) is 4. The SMILES string of the molecule is O=C(Nc1ccc2c(c1)C(N1CCCCC1)=Nc1ccccc1O2)C1CC1. The van der Waals surface area contributed by atoms with Crippen LogP contribution in [0, 0.1) is 5.92 Å². The second kappa shape index (κ2) is 6.72. The third kappa shape index (κ3) is 3.29. The highest BCUT2D eigenvalue weighted by molar-refractivity contribution is 6.05. The molecule has 0 radical (unpaired) electrons. The molecule has 5 nitrogen and oxygen atoms in total. The van der Waals surface area contributed by atoms with Gasteiger partial charge in [0.05, 0.1) is 5.56 Å². The molecule has 1 N–H and O–H groups in total. The van der Waals surface area contributed by atoms with Crippen molar-refractivity contribution in [3.05, 3.63) is 48.0 Å². The number of ether oxygens (including phenoxy) is 1. The standard InChI is InChI=1S/C22H23N3O2/c26-22(15-8-9-15)23-16-10-11-19-17(14-16)21(25-12-4-1-5-13-25)24-18-6-2-3-7-20(18)27-19/h2-3,6-7,10-11,14-15H,1,4-5,8-9,12-13H2,(H,23,26). The van der Waals surface area contributed by atoms with Gasteiger partial charge in [-0.05, 0) is 62.4 Å². The van der Waals surface area contributed by atoms with Crippen molar-refractivity contribution in [2.24, 2.45) is 10.9 Å².